The predicted octanol–water partition coefficient (Wildman–Crippen LogP) is 3.04. The van der Waals surface area contributed by atoms with Gasteiger partial charge in [0.25, 0.3) is 0 Å². The molecule has 2 nitrogen and oxygen atoms in total. The Morgan fingerprint density at radius 1 is 1.06 bits per heavy atom. The molecule has 0 bridgehead atoms. The van der Waals surface area contributed by atoms with Gasteiger partial charge >= 0.3 is 0 Å². The number of fused-ring (bicyclic) bond motifs is 1. The van der Waals surface area contributed by atoms with Gasteiger partial charge in [0.2, 0.25) is 0 Å². The number of hydrogen-bond donors (Lipinski definition) is 1. The van der Waals surface area contributed by atoms with Gasteiger partial charge in [-0.05, 0) is 31.0 Å². The monoisotopic (exact) mass is 230 g/mol. The first-order chi connectivity index (χ1) is 8.42. The molecule has 2 rings (SSSR count). The second-order valence-corrected chi connectivity index (χ2v) is 4.61. The number of para-hydroxylation sites is 1. The highest BCUT2D eigenvalue weighted by molar-refractivity contribution is 5.71. The van der Waals surface area contributed by atoms with Crippen molar-refractivity contribution in [3.8, 4) is 0 Å². The summed E-state index contributed by atoms with van der Waals surface area (Å²) >= 11 is 0. The third-order valence-electron chi connectivity index (χ3n) is 3.28. The molecule has 0 atom stereocenters. The van der Waals surface area contributed by atoms with Crippen molar-refractivity contribution in [3.05, 3.63) is 35.9 Å². The van der Waals surface area contributed by atoms with Crippen molar-refractivity contribution in [3.63, 3.8) is 0 Å². The van der Waals surface area contributed by atoms with E-state index in [4.69, 9.17) is 5.73 Å². The van der Waals surface area contributed by atoms with E-state index in [1.54, 1.807) is 0 Å². The number of anilines is 1. The van der Waals surface area contributed by atoms with E-state index in [1.807, 2.05) is 0 Å². The maximum Gasteiger partial charge on any atom is 0.0442 e. The fourth-order valence-corrected chi connectivity index (χ4v) is 2.33. The highest BCUT2D eigenvalue weighted by Gasteiger charge is 2.11. The minimum absolute atomic E-state index is 0.829. The number of hydrogen-bond acceptors (Lipinski definition) is 2. The van der Waals surface area contributed by atoms with Gasteiger partial charge in [0, 0.05) is 18.8 Å². The van der Waals surface area contributed by atoms with Gasteiger partial charge in [0.15, 0.2) is 0 Å². The van der Waals surface area contributed by atoms with Gasteiger partial charge in [-0.2, -0.15) is 0 Å². The first kappa shape index (κ1) is 12.2. The summed E-state index contributed by atoms with van der Waals surface area (Å²) in [5, 5.41) is 0. The molecule has 0 amide bonds. The molecule has 1 aliphatic heterocycles. The van der Waals surface area contributed by atoms with E-state index in [1.165, 1.54) is 30.5 Å². The lowest BCUT2D eigenvalue weighted by molar-refractivity contribution is 0.637. The molecule has 0 unspecified atom stereocenters. The molecule has 1 aliphatic rings. The van der Waals surface area contributed by atoms with Crippen LogP contribution in [0, 0.1) is 0 Å². The van der Waals surface area contributed by atoms with E-state index in [-0.39, 0.29) is 0 Å². The molecule has 1 heterocycles. The second-order valence-electron chi connectivity index (χ2n) is 4.61. The van der Waals surface area contributed by atoms with Gasteiger partial charge in [-0.3, -0.25) is 0 Å². The zero-order chi connectivity index (χ0) is 11.9. The van der Waals surface area contributed by atoms with Crippen LogP contribution in [-0.4, -0.2) is 19.6 Å². The Kier molecular flexibility index (Phi) is 4.63. The molecule has 0 aliphatic carbocycles. The summed E-state index contributed by atoms with van der Waals surface area (Å²) in [6.45, 7) is 3.04. The molecule has 0 saturated heterocycles. The van der Waals surface area contributed by atoms with Crippen LogP contribution in [0.2, 0.25) is 0 Å². The van der Waals surface area contributed by atoms with Crippen molar-refractivity contribution >= 4 is 11.8 Å². The molecule has 17 heavy (non-hydrogen) atoms. The van der Waals surface area contributed by atoms with Gasteiger partial charge in [-0.1, -0.05) is 43.2 Å². The average molecular weight is 230 g/mol. The standard InChI is InChI=1S/C15H22N2/c16-11-5-1-2-6-12-17-13-7-9-14-8-3-4-10-15(14)17/h3-4,7-10H,1-2,5-6,11-13,16H2. The summed E-state index contributed by atoms with van der Waals surface area (Å²) in [7, 11) is 0. The first-order valence-electron chi connectivity index (χ1n) is 6.62. The van der Waals surface area contributed by atoms with Crippen LogP contribution in [-0.2, 0) is 0 Å². The van der Waals surface area contributed by atoms with Crippen molar-refractivity contribution in [1.29, 1.82) is 0 Å². The molecule has 0 fully saturated rings. The van der Waals surface area contributed by atoms with E-state index in [9.17, 15) is 0 Å². The highest BCUT2D eigenvalue weighted by atomic mass is 15.1. The quantitative estimate of drug-likeness (QED) is 0.761. The number of nitrogens with zero attached hydrogens (tertiary/aromatic N) is 1. The summed E-state index contributed by atoms with van der Waals surface area (Å²) < 4.78 is 0. The molecule has 92 valence electrons. The van der Waals surface area contributed by atoms with Gasteiger partial charge in [-0.15, -0.1) is 0 Å². The lowest BCUT2D eigenvalue weighted by atomic mass is 10.1. The Morgan fingerprint density at radius 3 is 2.76 bits per heavy atom. The Morgan fingerprint density at radius 2 is 1.88 bits per heavy atom. The zero-order valence-electron chi connectivity index (χ0n) is 10.4. The van der Waals surface area contributed by atoms with Crippen LogP contribution >= 0.6 is 0 Å². The second kappa shape index (κ2) is 6.45. The average Bonchev–Trinajstić information content (AvgIpc) is 2.39. The molecule has 1 aromatic rings. The van der Waals surface area contributed by atoms with E-state index in [2.05, 4.69) is 41.3 Å². The van der Waals surface area contributed by atoms with Crippen LogP contribution in [0.5, 0.6) is 0 Å². The van der Waals surface area contributed by atoms with Gasteiger partial charge in [0.05, 0.1) is 0 Å². The van der Waals surface area contributed by atoms with Crippen LogP contribution in [0.4, 0.5) is 5.69 Å². The molecule has 2 heteroatoms. The number of benzene rings is 1. The minimum atomic E-state index is 0.829. The van der Waals surface area contributed by atoms with Crippen LogP contribution in [0.15, 0.2) is 30.3 Å². The summed E-state index contributed by atoms with van der Waals surface area (Å²) in [4.78, 5) is 2.47. The molecule has 1 aromatic carbocycles. The van der Waals surface area contributed by atoms with Gasteiger partial charge in [0.1, 0.15) is 0 Å². The summed E-state index contributed by atoms with van der Waals surface area (Å²) in [5.41, 5.74) is 8.23. The molecule has 0 spiro atoms. The van der Waals surface area contributed by atoms with Crippen molar-refractivity contribution in [2.24, 2.45) is 5.73 Å². The Balaban J connectivity index is 1.84. The fourth-order valence-electron chi connectivity index (χ4n) is 2.33. The summed E-state index contributed by atoms with van der Waals surface area (Å²) in [6.07, 6.45) is 9.46. The summed E-state index contributed by atoms with van der Waals surface area (Å²) in [6, 6.07) is 8.64. The largest absolute Gasteiger partial charge is 0.367 e. The van der Waals surface area contributed by atoms with Crippen LogP contribution < -0.4 is 10.6 Å². The third kappa shape index (κ3) is 3.34. The molecule has 2 N–H and O–H groups in total. The maximum absolute atomic E-state index is 5.50. The van der Waals surface area contributed by atoms with Gasteiger partial charge < -0.3 is 10.6 Å². The molecule has 0 radical (unpaired) electrons. The maximum atomic E-state index is 5.50. The summed E-state index contributed by atoms with van der Waals surface area (Å²) in [5.74, 6) is 0. The first-order valence-corrected chi connectivity index (χ1v) is 6.62. The van der Waals surface area contributed by atoms with Crippen molar-refractivity contribution in [1.82, 2.24) is 0 Å². The lowest BCUT2D eigenvalue weighted by Crippen LogP contribution is -2.27. The molecule has 0 saturated carbocycles. The Hall–Kier alpha value is -1.28. The third-order valence-corrected chi connectivity index (χ3v) is 3.28. The molecular weight excluding hydrogens is 208 g/mol. The molecule has 0 aromatic heterocycles. The van der Waals surface area contributed by atoms with E-state index in [0.717, 1.165) is 26.1 Å². The Labute approximate surface area is 104 Å². The fraction of sp³-hybridized carbons (Fsp3) is 0.467. The van der Waals surface area contributed by atoms with Crippen LogP contribution in [0.3, 0.4) is 0 Å². The predicted molar refractivity (Wildman–Crippen MR) is 75.2 cm³/mol. The zero-order valence-corrected chi connectivity index (χ0v) is 10.4. The normalized spacial score (nSPS) is 13.8. The lowest BCUT2D eigenvalue weighted by Gasteiger charge is -2.28. The van der Waals surface area contributed by atoms with Crippen molar-refractivity contribution in [2.45, 2.75) is 25.7 Å². The molecular formula is C15H22N2. The number of unbranched alkanes of at least 4 members (excludes halogenated alkanes) is 3. The number of nitrogens with two attached hydrogens (primary N) is 1. The van der Waals surface area contributed by atoms with Crippen molar-refractivity contribution in [2.75, 3.05) is 24.5 Å². The van der Waals surface area contributed by atoms with Crippen LogP contribution in [0.25, 0.3) is 6.08 Å². The van der Waals surface area contributed by atoms with E-state index >= 15 is 0 Å². The van der Waals surface area contributed by atoms with Gasteiger partial charge in [-0.25, -0.2) is 0 Å². The topological polar surface area (TPSA) is 29.3 Å². The van der Waals surface area contributed by atoms with Crippen LogP contribution in [0.1, 0.15) is 31.2 Å². The van der Waals surface area contributed by atoms with E-state index < -0.39 is 0 Å². The van der Waals surface area contributed by atoms with Crippen molar-refractivity contribution < 1.29 is 0 Å². The SMILES string of the molecule is NCCCCCCN1CC=Cc2ccccc21. The minimum Gasteiger partial charge on any atom is -0.367 e. The highest BCUT2D eigenvalue weighted by Crippen LogP contribution is 2.25. The Bertz CT molecular complexity index is 371. The van der Waals surface area contributed by atoms with E-state index in [0.29, 0.717) is 0 Å². The number of rotatable bonds is 6. The smallest absolute Gasteiger partial charge is 0.0442 e.